The fourth-order valence-corrected chi connectivity index (χ4v) is 4.20. The summed E-state index contributed by atoms with van der Waals surface area (Å²) in [6.07, 6.45) is 1.56. The minimum Gasteiger partial charge on any atom is -0.457 e. The molecule has 0 saturated heterocycles. The van der Waals surface area contributed by atoms with Gasteiger partial charge in [-0.25, -0.2) is 8.42 Å². The lowest BCUT2D eigenvalue weighted by Gasteiger charge is -2.23. The summed E-state index contributed by atoms with van der Waals surface area (Å²) in [4.78, 5) is 0.220. The highest BCUT2D eigenvalue weighted by atomic mass is 79.9. The van der Waals surface area contributed by atoms with Crippen LogP contribution in [0.4, 0.5) is 5.69 Å². The Morgan fingerprint density at radius 2 is 1.48 bits per heavy atom. The molecule has 3 aromatic carbocycles. The molecule has 0 amide bonds. The number of halogens is 1. The Morgan fingerprint density at radius 1 is 0.889 bits per heavy atom. The molecule has 0 aromatic heterocycles. The van der Waals surface area contributed by atoms with Crippen molar-refractivity contribution in [2.45, 2.75) is 4.90 Å². The highest BCUT2D eigenvalue weighted by molar-refractivity contribution is 9.10. The Hall–Kier alpha value is -2.57. The van der Waals surface area contributed by atoms with E-state index in [-0.39, 0.29) is 11.4 Å². The van der Waals surface area contributed by atoms with E-state index in [9.17, 15) is 8.42 Å². The Balaban J connectivity index is 1.88. The molecule has 6 heteroatoms. The van der Waals surface area contributed by atoms with E-state index in [1.807, 2.05) is 30.3 Å². The second-order valence-corrected chi connectivity index (χ2v) is 8.47. The molecular weight excluding hydrogens is 426 g/mol. The smallest absolute Gasteiger partial charge is 0.264 e. The van der Waals surface area contributed by atoms with Crippen LogP contribution in [0.2, 0.25) is 0 Å². The molecule has 138 valence electrons. The normalized spacial score (nSPS) is 11.0. The Morgan fingerprint density at radius 3 is 2.07 bits per heavy atom. The van der Waals surface area contributed by atoms with Crippen molar-refractivity contribution in [2.75, 3.05) is 10.8 Å². The number of hydrogen-bond acceptors (Lipinski definition) is 3. The largest absolute Gasteiger partial charge is 0.457 e. The lowest BCUT2D eigenvalue weighted by Crippen LogP contribution is -2.31. The first-order valence-corrected chi connectivity index (χ1v) is 10.5. The lowest BCUT2D eigenvalue weighted by molar-refractivity contribution is 0.482. The number of anilines is 1. The minimum atomic E-state index is -3.70. The van der Waals surface area contributed by atoms with Gasteiger partial charge < -0.3 is 4.74 Å². The van der Waals surface area contributed by atoms with Crippen LogP contribution in [0.3, 0.4) is 0 Å². The molecule has 0 N–H and O–H groups in total. The van der Waals surface area contributed by atoms with Crippen molar-refractivity contribution in [2.24, 2.45) is 0 Å². The molecule has 0 saturated carbocycles. The van der Waals surface area contributed by atoms with Crippen LogP contribution in [0.25, 0.3) is 0 Å². The zero-order chi connectivity index (χ0) is 19.3. The third-order valence-corrected chi connectivity index (χ3v) is 6.14. The van der Waals surface area contributed by atoms with Crippen molar-refractivity contribution in [3.63, 3.8) is 0 Å². The Kier molecular flexibility index (Phi) is 5.98. The molecule has 4 nitrogen and oxygen atoms in total. The van der Waals surface area contributed by atoms with Gasteiger partial charge in [-0.15, -0.1) is 6.58 Å². The fraction of sp³-hybridized carbons (Fsp3) is 0.0476. The summed E-state index contributed by atoms with van der Waals surface area (Å²) in [5.41, 5.74) is 0.540. The summed E-state index contributed by atoms with van der Waals surface area (Å²) in [5.74, 6) is 1.35. The van der Waals surface area contributed by atoms with E-state index < -0.39 is 10.0 Å². The molecule has 0 heterocycles. The van der Waals surface area contributed by atoms with Crippen molar-refractivity contribution in [1.82, 2.24) is 0 Å². The van der Waals surface area contributed by atoms with Gasteiger partial charge in [0.05, 0.1) is 17.1 Å². The molecule has 0 fully saturated rings. The molecule has 3 rings (SSSR count). The van der Waals surface area contributed by atoms with Gasteiger partial charge in [0.15, 0.2) is 0 Å². The van der Waals surface area contributed by atoms with E-state index in [1.165, 1.54) is 4.31 Å². The van der Waals surface area contributed by atoms with Crippen molar-refractivity contribution in [3.05, 3.63) is 96.0 Å². The highest BCUT2D eigenvalue weighted by Gasteiger charge is 2.24. The van der Waals surface area contributed by atoms with Crippen molar-refractivity contribution >= 4 is 31.6 Å². The van der Waals surface area contributed by atoms with Gasteiger partial charge >= 0.3 is 0 Å². The molecule has 0 atom stereocenters. The maximum Gasteiger partial charge on any atom is 0.264 e. The quantitative estimate of drug-likeness (QED) is 0.445. The molecule has 3 aromatic rings. The molecule has 0 spiro atoms. The molecule has 0 radical (unpaired) electrons. The standard InChI is InChI=1S/C21H18BrNO3S/c1-2-16-23(27(24,25)21-14-8-17(22)9-15-21)18-10-12-20(13-11-18)26-19-6-4-3-5-7-19/h2-15H,1,16H2. The first-order chi connectivity index (χ1) is 13.0. The van der Waals surface area contributed by atoms with Gasteiger partial charge in [-0.1, -0.05) is 40.2 Å². The van der Waals surface area contributed by atoms with Crippen molar-refractivity contribution in [3.8, 4) is 11.5 Å². The number of nitrogens with zero attached hydrogens (tertiary/aromatic N) is 1. The summed E-state index contributed by atoms with van der Waals surface area (Å²) < 4.78 is 34.0. The number of ether oxygens (including phenoxy) is 1. The fourth-order valence-electron chi connectivity index (χ4n) is 2.50. The number of sulfonamides is 1. The van der Waals surface area contributed by atoms with Crippen LogP contribution in [0, 0.1) is 0 Å². The molecule has 0 unspecified atom stereocenters. The zero-order valence-corrected chi connectivity index (χ0v) is 16.9. The van der Waals surface area contributed by atoms with Gasteiger partial charge in [-0.2, -0.15) is 0 Å². The van der Waals surface area contributed by atoms with E-state index >= 15 is 0 Å². The second-order valence-electron chi connectivity index (χ2n) is 5.69. The summed E-state index contributed by atoms with van der Waals surface area (Å²) >= 11 is 3.32. The molecule has 27 heavy (non-hydrogen) atoms. The Bertz CT molecular complexity index is 1000. The lowest BCUT2D eigenvalue weighted by atomic mass is 10.3. The number of para-hydroxylation sites is 1. The summed E-state index contributed by atoms with van der Waals surface area (Å²) in [6, 6.07) is 22.9. The van der Waals surface area contributed by atoms with Gasteiger partial charge in [0.1, 0.15) is 11.5 Å². The van der Waals surface area contributed by atoms with Crippen molar-refractivity contribution in [1.29, 1.82) is 0 Å². The molecule has 0 aliphatic rings. The topological polar surface area (TPSA) is 46.6 Å². The van der Waals surface area contributed by atoms with Crippen LogP contribution in [-0.2, 0) is 10.0 Å². The molecule has 0 aliphatic heterocycles. The van der Waals surface area contributed by atoms with Crippen LogP contribution >= 0.6 is 15.9 Å². The number of rotatable bonds is 7. The molecule has 0 bridgehead atoms. The number of benzene rings is 3. The third kappa shape index (κ3) is 4.59. The van der Waals surface area contributed by atoms with Gasteiger partial charge in [-0.05, 0) is 60.7 Å². The maximum atomic E-state index is 13.0. The summed E-state index contributed by atoms with van der Waals surface area (Å²) in [5, 5.41) is 0. The van der Waals surface area contributed by atoms with Crippen LogP contribution < -0.4 is 9.04 Å². The van der Waals surface area contributed by atoms with Crippen LogP contribution in [-0.4, -0.2) is 15.0 Å². The van der Waals surface area contributed by atoms with E-state index in [2.05, 4.69) is 22.5 Å². The summed E-state index contributed by atoms with van der Waals surface area (Å²) in [6.45, 7) is 3.85. The van der Waals surface area contributed by atoms with E-state index in [0.29, 0.717) is 11.4 Å². The summed E-state index contributed by atoms with van der Waals surface area (Å²) in [7, 11) is -3.70. The van der Waals surface area contributed by atoms with Gasteiger partial charge in [-0.3, -0.25) is 4.31 Å². The molecule has 0 aliphatic carbocycles. The monoisotopic (exact) mass is 443 g/mol. The minimum absolute atomic E-state index is 0.164. The van der Waals surface area contributed by atoms with Crippen LogP contribution in [0.1, 0.15) is 0 Å². The SMILES string of the molecule is C=CCN(c1ccc(Oc2ccccc2)cc1)S(=O)(=O)c1ccc(Br)cc1. The predicted molar refractivity (Wildman–Crippen MR) is 112 cm³/mol. The predicted octanol–water partition coefficient (Wildman–Crippen LogP) is 5.62. The van der Waals surface area contributed by atoms with Crippen LogP contribution in [0.5, 0.6) is 11.5 Å². The zero-order valence-electron chi connectivity index (χ0n) is 14.5. The molecular formula is C21H18BrNO3S. The third-order valence-electron chi connectivity index (χ3n) is 3.80. The van der Waals surface area contributed by atoms with Gasteiger partial charge in [0.2, 0.25) is 0 Å². The van der Waals surface area contributed by atoms with E-state index in [1.54, 1.807) is 54.6 Å². The van der Waals surface area contributed by atoms with E-state index in [0.717, 1.165) is 10.2 Å². The van der Waals surface area contributed by atoms with E-state index in [4.69, 9.17) is 4.74 Å². The first kappa shape index (κ1) is 19.2. The Labute approximate surface area is 167 Å². The highest BCUT2D eigenvalue weighted by Crippen LogP contribution is 2.28. The van der Waals surface area contributed by atoms with Gasteiger partial charge in [0.25, 0.3) is 10.0 Å². The average Bonchev–Trinajstić information content (AvgIpc) is 2.68. The average molecular weight is 444 g/mol. The second kappa shape index (κ2) is 8.41. The maximum absolute atomic E-state index is 13.0. The van der Waals surface area contributed by atoms with Crippen molar-refractivity contribution < 1.29 is 13.2 Å². The number of hydrogen-bond donors (Lipinski definition) is 0. The van der Waals surface area contributed by atoms with Gasteiger partial charge in [0, 0.05) is 4.47 Å². The first-order valence-electron chi connectivity index (χ1n) is 8.23. The van der Waals surface area contributed by atoms with Crippen LogP contribution in [0.15, 0.2) is 101 Å².